The fourth-order valence-electron chi connectivity index (χ4n) is 1.36. The lowest BCUT2D eigenvalue weighted by atomic mass is 10.1. The van der Waals surface area contributed by atoms with Gasteiger partial charge in [0, 0.05) is 0 Å². The van der Waals surface area contributed by atoms with Crippen LogP contribution in [-0.4, -0.2) is 5.97 Å². The van der Waals surface area contributed by atoms with E-state index < -0.39 is 0 Å². The summed E-state index contributed by atoms with van der Waals surface area (Å²) in [6.45, 7) is 3.90. The lowest BCUT2D eigenvalue weighted by Crippen LogP contribution is -2.07. The first kappa shape index (κ1) is 10.9. The summed E-state index contributed by atoms with van der Waals surface area (Å²) in [5, 5.41) is 1.86. The minimum absolute atomic E-state index is 0.288. The van der Waals surface area contributed by atoms with E-state index in [0.717, 1.165) is 11.1 Å². The van der Waals surface area contributed by atoms with E-state index >= 15 is 0 Å². The smallest absolute Gasteiger partial charge is 0.353 e. The summed E-state index contributed by atoms with van der Waals surface area (Å²) in [6, 6.07) is 9.42. The second kappa shape index (κ2) is 4.49. The van der Waals surface area contributed by atoms with Crippen molar-refractivity contribution in [1.82, 2.24) is 0 Å². The molecule has 0 aliphatic carbocycles. The predicted octanol–water partition coefficient (Wildman–Crippen LogP) is 3.58. The van der Waals surface area contributed by atoms with Crippen molar-refractivity contribution in [2.45, 2.75) is 13.8 Å². The molecule has 0 amide bonds. The zero-order chi connectivity index (χ0) is 11.5. The average molecular weight is 232 g/mol. The first-order valence-electron chi connectivity index (χ1n) is 5.00. The number of hydrogen-bond donors (Lipinski definition) is 0. The SMILES string of the molecule is Cc1ccc(C)c(OC(=O)c2cccs2)c1. The molecule has 1 aromatic heterocycles. The number of thiophene rings is 1. The Balaban J connectivity index is 2.21. The normalized spacial score (nSPS) is 10.1. The molecule has 0 atom stereocenters. The van der Waals surface area contributed by atoms with Gasteiger partial charge in [0.05, 0.1) is 0 Å². The van der Waals surface area contributed by atoms with Gasteiger partial charge in [-0.05, 0) is 42.5 Å². The van der Waals surface area contributed by atoms with Gasteiger partial charge in [0.1, 0.15) is 10.6 Å². The van der Waals surface area contributed by atoms with Crippen molar-refractivity contribution in [1.29, 1.82) is 0 Å². The Morgan fingerprint density at radius 2 is 2.06 bits per heavy atom. The monoisotopic (exact) mass is 232 g/mol. The van der Waals surface area contributed by atoms with E-state index in [9.17, 15) is 4.79 Å². The molecule has 0 spiro atoms. The number of benzene rings is 1. The highest BCUT2D eigenvalue weighted by atomic mass is 32.1. The van der Waals surface area contributed by atoms with Gasteiger partial charge in [-0.25, -0.2) is 4.79 Å². The van der Waals surface area contributed by atoms with Crippen molar-refractivity contribution < 1.29 is 9.53 Å². The van der Waals surface area contributed by atoms with Crippen LogP contribution >= 0.6 is 11.3 Å². The van der Waals surface area contributed by atoms with Gasteiger partial charge in [-0.1, -0.05) is 18.2 Å². The number of carbonyl (C=O) groups is 1. The highest BCUT2D eigenvalue weighted by molar-refractivity contribution is 7.12. The maximum absolute atomic E-state index is 11.7. The maximum Gasteiger partial charge on any atom is 0.353 e. The highest BCUT2D eigenvalue weighted by Crippen LogP contribution is 2.21. The van der Waals surface area contributed by atoms with Gasteiger partial charge in [-0.3, -0.25) is 0 Å². The Labute approximate surface area is 98.5 Å². The Morgan fingerprint density at radius 1 is 1.25 bits per heavy atom. The van der Waals surface area contributed by atoms with Crippen LogP contribution in [0, 0.1) is 13.8 Å². The largest absolute Gasteiger partial charge is 0.422 e. The molecule has 0 aliphatic heterocycles. The van der Waals surface area contributed by atoms with Crippen molar-refractivity contribution in [3.05, 3.63) is 51.7 Å². The van der Waals surface area contributed by atoms with Crippen LogP contribution in [0.25, 0.3) is 0 Å². The molecule has 3 heteroatoms. The van der Waals surface area contributed by atoms with E-state index in [2.05, 4.69) is 0 Å². The molecule has 0 bridgehead atoms. The first-order chi connectivity index (χ1) is 7.66. The molecule has 1 aromatic carbocycles. The van der Waals surface area contributed by atoms with Gasteiger partial charge in [0.25, 0.3) is 0 Å². The molecule has 0 saturated carbocycles. The predicted molar refractivity (Wildman–Crippen MR) is 65.2 cm³/mol. The summed E-state index contributed by atoms with van der Waals surface area (Å²) in [7, 11) is 0. The summed E-state index contributed by atoms with van der Waals surface area (Å²) < 4.78 is 5.34. The van der Waals surface area contributed by atoms with Gasteiger partial charge < -0.3 is 4.74 Å². The molecule has 2 aromatic rings. The Morgan fingerprint density at radius 3 is 2.75 bits per heavy atom. The summed E-state index contributed by atoms with van der Waals surface area (Å²) >= 11 is 1.39. The number of aryl methyl sites for hydroxylation is 2. The molecule has 0 fully saturated rings. The van der Waals surface area contributed by atoms with E-state index in [4.69, 9.17) is 4.74 Å². The zero-order valence-electron chi connectivity index (χ0n) is 9.19. The third kappa shape index (κ3) is 2.31. The number of carbonyl (C=O) groups excluding carboxylic acids is 1. The molecule has 82 valence electrons. The molecule has 0 unspecified atom stereocenters. The van der Waals surface area contributed by atoms with Crippen LogP contribution in [0.3, 0.4) is 0 Å². The van der Waals surface area contributed by atoms with Crippen LogP contribution in [0.1, 0.15) is 20.8 Å². The first-order valence-corrected chi connectivity index (χ1v) is 5.88. The maximum atomic E-state index is 11.7. The Bertz CT molecular complexity index is 501. The molecule has 16 heavy (non-hydrogen) atoms. The van der Waals surface area contributed by atoms with Crippen LogP contribution in [-0.2, 0) is 0 Å². The van der Waals surface area contributed by atoms with Crippen molar-refractivity contribution >= 4 is 17.3 Å². The molecule has 2 rings (SSSR count). The third-order valence-electron chi connectivity index (χ3n) is 2.27. The minimum atomic E-state index is -0.288. The van der Waals surface area contributed by atoms with E-state index in [1.54, 1.807) is 6.07 Å². The lowest BCUT2D eigenvalue weighted by Gasteiger charge is -2.06. The number of ether oxygens (including phenoxy) is 1. The van der Waals surface area contributed by atoms with Gasteiger partial charge in [-0.15, -0.1) is 11.3 Å². The van der Waals surface area contributed by atoms with Gasteiger partial charge >= 0.3 is 5.97 Å². The molecule has 0 radical (unpaired) electrons. The second-order valence-electron chi connectivity index (χ2n) is 3.64. The topological polar surface area (TPSA) is 26.3 Å². The summed E-state index contributed by atoms with van der Waals surface area (Å²) in [5.74, 6) is 0.349. The van der Waals surface area contributed by atoms with Crippen molar-refractivity contribution in [3.8, 4) is 5.75 Å². The van der Waals surface area contributed by atoms with Crippen LogP contribution < -0.4 is 4.74 Å². The fourth-order valence-corrected chi connectivity index (χ4v) is 1.96. The second-order valence-corrected chi connectivity index (χ2v) is 4.58. The van der Waals surface area contributed by atoms with Crippen molar-refractivity contribution in [3.63, 3.8) is 0 Å². The quantitative estimate of drug-likeness (QED) is 0.584. The lowest BCUT2D eigenvalue weighted by molar-refractivity contribution is 0.0738. The summed E-state index contributed by atoms with van der Waals surface area (Å²) in [5.41, 5.74) is 2.05. The zero-order valence-corrected chi connectivity index (χ0v) is 10.0. The van der Waals surface area contributed by atoms with Crippen LogP contribution in [0.5, 0.6) is 5.75 Å². The molecule has 2 nitrogen and oxygen atoms in total. The van der Waals surface area contributed by atoms with Crippen LogP contribution in [0.2, 0.25) is 0 Å². The molecule has 1 heterocycles. The average Bonchev–Trinajstić information content (AvgIpc) is 2.76. The van der Waals surface area contributed by atoms with Crippen molar-refractivity contribution in [2.24, 2.45) is 0 Å². The van der Waals surface area contributed by atoms with E-state index in [1.165, 1.54) is 11.3 Å². The summed E-state index contributed by atoms with van der Waals surface area (Å²) in [6.07, 6.45) is 0. The van der Waals surface area contributed by atoms with E-state index in [-0.39, 0.29) is 5.97 Å². The molecular formula is C13H12O2S. The van der Waals surface area contributed by atoms with E-state index in [0.29, 0.717) is 10.6 Å². The molecule has 0 N–H and O–H groups in total. The number of rotatable bonds is 2. The van der Waals surface area contributed by atoms with Gasteiger partial charge in [0.2, 0.25) is 0 Å². The number of hydrogen-bond acceptors (Lipinski definition) is 3. The highest BCUT2D eigenvalue weighted by Gasteiger charge is 2.10. The molecule has 0 saturated heterocycles. The number of esters is 1. The molecule has 0 aliphatic rings. The van der Waals surface area contributed by atoms with Gasteiger partial charge in [-0.2, -0.15) is 0 Å². The van der Waals surface area contributed by atoms with Gasteiger partial charge in [0.15, 0.2) is 0 Å². The van der Waals surface area contributed by atoms with Crippen LogP contribution in [0.4, 0.5) is 0 Å². The summed E-state index contributed by atoms with van der Waals surface area (Å²) in [4.78, 5) is 12.4. The third-order valence-corrected chi connectivity index (χ3v) is 3.12. The standard InChI is InChI=1S/C13H12O2S/c1-9-5-6-10(2)11(8-9)15-13(14)12-4-3-7-16-12/h3-8H,1-2H3. The van der Waals surface area contributed by atoms with Crippen molar-refractivity contribution in [2.75, 3.05) is 0 Å². The Kier molecular flexibility index (Phi) is 3.06. The Hall–Kier alpha value is -1.61. The van der Waals surface area contributed by atoms with Crippen LogP contribution in [0.15, 0.2) is 35.7 Å². The molecular weight excluding hydrogens is 220 g/mol. The minimum Gasteiger partial charge on any atom is -0.422 e. The van der Waals surface area contributed by atoms with E-state index in [1.807, 2.05) is 43.5 Å². The fraction of sp³-hybridized carbons (Fsp3) is 0.154.